The number of unbranched alkanes of at least 4 members (excludes halogenated alkanes) is 9. The van der Waals surface area contributed by atoms with Crippen LogP contribution in [0.15, 0.2) is 24.3 Å². The largest absolute Gasteiger partial charge is 0.505 e. The second kappa shape index (κ2) is 15.8. The van der Waals surface area contributed by atoms with Gasteiger partial charge in [-0.2, -0.15) is 4.21 Å². The van der Waals surface area contributed by atoms with Gasteiger partial charge in [0.25, 0.3) is 0 Å². The van der Waals surface area contributed by atoms with Crippen molar-refractivity contribution in [2.24, 2.45) is 0 Å². The van der Waals surface area contributed by atoms with Gasteiger partial charge in [0.1, 0.15) is 5.75 Å². The molecule has 0 aliphatic rings. The minimum absolute atomic E-state index is 0.00646. The van der Waals surface area contributed by atoms with Gasteiger partial charge in [-0.15, -0.1) is 0 Å². The quantitative estimate of drug-likeness (QED) is 0.156. The molecule has 1 unspecified atom stereocenters. The van der Waals surface area contributed by atoms with Gasteiger partial charge in [-0.05, 0) is 18.6 Å². The Hall–Kier alpha value is -1.05. The van der Waals surface area contributed by atoms with Crippen LogP contribution in [0.3, 0.4) is 0 Å². The van der Waals surface area contributed by atoms with Crippen LogP contribution in [0.4, 0.5) is 5.69 Å². The molecule has 0 aromatic heterocycles. The van der Waals surface area contributed by atoms with Crippen molar-refractivity contribution in [3.8, 4) is 17.2 Å². The van der Waals surface area contributed by atoms with Crippen LogP contribution in [0.2, 0.25) is 20.1 Å². The Labute approximate surface area is 224 Å². The molecule has 0 saturated carbocycles. The molecular weight excluding hydrogens is 540 g/mol. The van der Waals surface area contributed by atoms with Crippen molar-refractivity contribution >= 4 is 63.4 Å². The van der Waals surface area contributed by atoms with Crippen LogP contribution < -0.4 is 13.6 Å². The first kappa shape index (κ1) is 29.2. The minimum Gasteiger partial charge on any atom is -0.505 e. The summed E-state index contributed by atoms with van der Waals surface area (Å²) in [5.74, 6) is 0.311. The zero-order chi connectivity index (χ0) is 24.9. The van der Waals surface area contributed by atoms with E-state index in [1.165, 1.54) is 63.5 Å². The van der Waals surface area contributed by atoms with Crippen LogP contribution >= 0.6 is 46.4 Å². The normalized spacial score (nSPS) is 11.9. The lowest BCUT2D eigenvalue weighted by molar-refractivity contribution is 0.304. The number of rotatable bonds is 16. The molecule has 2 rings (SSSR count). The Bertz CT molecular complexity index is 899. The molecule has 2 N–H and O–H groups in total. The Morgan fingerprint density at radius 1 is 0.794 bits per heavy atom. The summed E-state index contributed by atoms with van der Waals surface area (Å²) in [7, 11) is 0. The third-order valence-corrected chi connectivity index (χ3v) is 6.97. The highest BCUT2D eigenvalue weighted by Gasteiger charge is 2.15. The molecule has 5 nitrogen and oxygen atoms in total. The first-order valence-corrected chi connectivity index (χ1v) is 14.1. The Morgan fingerprint density at radius 2 is 1.29 bits per heavy atom. The molecule has 34 heavy (non-hydrogen) atoms. The number of hydrogen-bond acceptors (Lipinski definition) is 4. The molecule has 1 atom stereocenters. The summed E-state index contributed by atoms with van der Waals surface area (Å²) >= 11 is 22.2. The van der Waals surface area contributed by atoms with E-state index in [9.17, 15) is 9.32 Å². The highest BCUT2D eigenvalue weighted by molar-refractivity contribution is 7.82. The monoisotopic (exact) mass is 569 g/mol. The standard InChI is InChI=1S/C24H31Cl4NO4S/c1-2-3-4-5-6-7-8-9-10-11-12-32-18-15-21(27)24(22(28)16-18)33-34(31)29-17-13-19(25)23(30)20(26)14-17/h13-16,29-30H,2-12H2,1H3. The first-order valence-electron chi connectivity index (χ1n) is 11.5. The van der Waals surface area contributed by atoms with E-state index >= 15 is 0 Å². The summed E-state index contributed by atoms with van der Waals surface area (Å²) in [5.41, 5.74) is 0.287. The third kappa shape index (κ3) is 10.3. The average molecular weight is 571 g/mol. The molecule has 2 aromatic carbocycles. The van der Waals surface area contributed by atoms with Crippen molar-refractivity contribution in [1.29, 1.82) is 0 Å². The fourth-order valence-electron chi connectivity index (χ4n) is 3.30. The summed E-state index contributed by atoms with van der Waals surface area (Å²) in [4.78, 5) is 0. The second-order valence-corrected chi connectivity index (χ2v) is 10.4. The number of anilines is 1. The fourth-order valence-corrected chi connectivity index (χ4v) is 5.10. The molecule has 0 aliphatic heterocycles. The van der Waals surface area contributed by atoms with Crippen LogP contribution in [0.1, 0.15) is 71.1 Å². The Kier molecular flexibility index (Phi) is 13.6. The van der Waals surface area contributed by atoms with Crippen LogP contribution in [0.5, 0.6) is 17.2 Å². The molecule has 0 saturated heterocycles. The van der Waals surface area contributed by atoms with E-state index in [1.54, 1.807) is 12.1 Å². The van der Waals surface area contributed by atoms with Gasteiger partial charge in [0.05, 0.1) is 32.4 Å². The maximum Gasteiger partial charge on any atom is 0.316 e. The maximum absolute atomic E-state index is 12.3. The van der Waals surface area contributed by atoms with Gasteiger partial charge in [0, 0.05) is 12.1 Å². The Balaban J connectivity index is 1.74. The van der Waals surface area contributed by atoms with E-state index in [0.717, 1.165) is 12.8 Å². The molecule has 0 amide bonds. The number of aromatic hydroxyl groups is 1. The molecule has 0 radical (unpaired) electrons. The van der Waals surface area contributed by atoms with Crippen LogP contribution in [0.25, 0.3) is 0 Å². The molecule has 0 aliphatic carbocycles. The highest BCUT2D eigenvalue weighted by atomic mass is 35.5. The van der Waals surface area contributed by atoms with Gasteiger partial charge in [-0.3, -0.25) is 4.72 Å². The number of benzene rings is 2. The van der Waals surface area contributed by atoms with Crippen molar-refractivity contribution < 1.29 is 18.2 Å². The van der Waals surface area contributed by atoms with E-state index in [2.05, 4.69) is 11.6 Å². The third-order valence-electron chi connectivity index (χ3n) is 5.12. The lowest BCUT2D eigenvalue weighted by Gasteiger charge is -2.13. The Morgan fingerprint density at radius 3 is 1.82 bits per heavy atom. The number of phenols is 1. The van der Waals surface area contributed by atoms with E-state index < -0.39 is 11.3 Å². The molecule has 0 bridgehead atoms. The van der Waals surface area contributed by atoms with Crippen molar-refractivity contribution in [1.82, 2.24) is 0 Å². The minimum atomic E-state index is -2.04. The van der Waals surface area contributed by atoms with E-state index in [-0.39, 0.29) is 37.3 Å². The topological polar surface area (TPSA) is 67.8 Å². The van der Waals surface area contributed by atoms with Crippen LogP contribution in [-0.4, -0.2) is 15.9 Å². The lowest BCUT2D eigenvalue weighted by Crippen LogP contribution is -2.11. The molecule has 0 heterocycles. The van der Waals surface area contributed by atoms with E-state index in [1.807, 2.05) is 0 Å². The molecule has 2 aromatic rings. The van der Waals surface area contributed by atoms with Gasteiger partial charge in [0.2, 0.25) is 0 Å². The lowest BCUT2D eigenvalue weighted by atomic mass is 10.1. The van der Waals surface area contributed by atoms with Gasteiger partial charge >= 0.3 is 11.3 Å². The van der Waals surface area contributed by atoms with Crippen molar-refractivity contribution in [3.05, 3.63) is 44.4 Å². The molecular formula is C24H31Cl4NO4S. The molecule has 190 valence electrons. The highest BCUT2D eigenvalue weighted by Crippen LogP contribution is 2.38. The fraction of sp³-hybridized carbons (Fsp3) is 0.500. The average Bonchev–Trinajstić information content (AvgIpc) is 2.78. The summed E-state index contributed by atoms with van der Waals surface area (Å²) in [6, 6.07) is 5.87. The van der Waals surface area contributed by atoms with Crippen LogP contribution in [0, 0.1) is 0 Å². The number of nitrogens with one attached hydrogen (secondary N) is 1. The summed E-state index contributed by atoms with van der Waals surface area (Å²) in [6.07, 6.45) is 12.5. The van der Waals surface area contributed by atoms with Crippen molar-refractivity contribution in [2.45, 2.75) is 71.1 Å². The number of phenolic OH excluding ortho intramolecular Hbond substituents is 1. The zero-order valence-electron chi connectivity index (χ0n) is 19.2. The summed E-state index contributed by atoms with van der Waals surface area (Å²) < 4.78 is 26.0. The number of ether oxygens (including phenoxy) is 1. The predicted octanol–water partition coefficient (Wildman–Crippen LogP) is 9.38. The SMILES string of the molecule is CCCCCCCCCCCCOc1cc(Cl)c(OS(=O)Nc2cc(Cl)c(O)c(Cl)c2)c(Cl)c1. The van der Waals surface area contributed by atoms with Gasteiger partial charge in [0.15, 0.2) is 11.5 Å². The predicted molar refractivity (Wildman–Crippen MR) is 144 cm³/mol. The van der Waals surface area contributed by atoms with Gasteiger partial charge < -0.3 is 14.0 Å². The van der Waals surface area contributed by atoms with Crippen molar-refractivity contribution in [3.63, 3.8) is 0 Å². The first-order chi connectivity index (χ1) is 16.3. The smallest absolute Gasteiger partial charge is 0.316 e. The van der Waals surface area contributed by atoms with Gasteiger partial charge in [-0.1, -0.05) is 111 Å². The summed E-state index contributed by atoms with van der Waals surface area (Å²) in [6.45, 7) is 2.81. The summed E-state index contributed by atoms with van der Waals surface area (Å²) in [5, 5.41) is 9.96. The van der Waals surface area contributed by atoms with Gasteiger partial charge in [-0.25, -0.2) is 0 Å². The second-order valence-electron chi connectivity index (χ2n) is 7.96. The molecule has 10 heteroatoms. The van der Waals surface area contributed by atoms with Crippen molar-refractivity contribution in [2.75, 3.05) is 11.3 Å². The van der Waals surface area contributed by atoms with E-state index in [4.69, 9.17) is 55.3 Å². The maximum atomic E-state index is 12.3. The van der Waals surface area contributed by atoms with E-state index in [0.29, 0.717) is 12.4 Å². The molecule has 0 spiro atoms. The van der Waals surface area contributed by atoms with Crippen LogP contribution in [-0.2, 0) is 11.3 Å². The molecule has 0 fully saturated rings. The number of halogens is 4. The zero-order valence-corrected chi connectivity index (χ0v) is 23.0. The number of hydrogen-bond donors (Lipinski definition) is 2.